The van der Waals surface area contributed by atoms with E-state index in [9.17, 15) is 0 Å². The lowest BCUT2D eigenvalue weighted by Crippen LogP contribution is -1.99. The fourth-order valence-corrected chi connectivity index (χ4v) is 1.08. The quantitative estimate of drug-likeness (QED) is 0.692. The molecule has 0 aliphatic heterocycles. The molecular formula is C8H10ClNO. The summed E-state index contributed by atoms with van der Waals surface area (Å²) in [6.07, 6.45) is 0. The van der Waals surface area contributed by atoms with Crippen LogP contribution < -0.4 is 5.90 Å². The van der Waals surface area contributed by atoms with Gasteiger partial charge in [0.25, 0.3) is 0 Å². The Morgan fingerprint density at radius 2 is 2.27 bits per heavy atom. The highest BCUT2D eigenvalue weighted by Crippen LogP contribution is 2.17. The van der Waals surface area contributed by atoms with E-state index in [1.807, 2.05) is 25.1 Å². The predicted octanol–water partition coefficient (Wildman–Crippen LogP) is 2.04. The Bertz CT molecular complexity index is 250. The summed E-state index contributed by atoms with van der Waals surface area (Å²) in [6.45, 7) is 2.36. The van der Waals surface area contributed by atoms with Crippen molar-refractivity contribution < 1.29 is 4.84 Å². The smallest absolute Gasteiger partial charge is 0.0944 e. The molecule has 0 radical (unpaired) electrons. The SMILES string of the molecule is Cc1ccc(Cl)c(CON)c1. The summed E-state index contributed by atoms with van der Waals surface area (Å²) >= 11 is 5.84. The van der Waals surface area contributed by atoms with Crippen molar-refractivity contribution >= 4 is 11.6 Å². The van der Waals surface area contributed by atoms with Gasteiger partial charge in [0.15, 0.2) is 0 Å². The third-order valence-corrected chi connectivity index (χ3v) is 1.81. The number of rotatable bonds is 2. The molecule has 0 amide bonds. The van der Waals surface area contributed by atoms with Gasteiger partial charge in [-0.05, 0) is 18.6 Å². The lowest BCUT2D eigenvalue weighted by Gasteiger charge is -2.02. The zero-order valence-electron chi connectivity index (χ0n) is 6.30. The van der Waals surface area contributed by atoms with E-state index in [-0.39, 0.29) is 0 Å². The summed E-state index contributed by atoms with van der Waals surface area (Å²) in [4.78, 5) is 4.48. The Labute approximate surface area is 70.9 Å². The van der Waals surface area contributed by atoms with Gasteiger partial charge in [-0.1, -0.05) is 29.3 Å². The third-order valence-electron chi connectivity index (χ3n) is 1.44. The van der Waals surface area contributed by atoms with Crippen LogP contribution in [0.2, 0.25) is 5.02 Å². The second-order valence-electron chi connectivity index (χ2n) is 2.41. The minimum atomic E-state index is 0.362. The Hall–Kier alpha value is -0.570. The summed E-state index contributed by atoms with van der Waals surface area (Å²) in [5.74, 6) is 4.92. The highest BCUT2D eigenvalue weighted by atomic mass is 35.5. The van der Waals surface area contributed by atoms with Crippen molar-refractivity contribution in [3.63, 3.8) is 0 Å². The zero-order valence-corrected chi connectivity index (χ0v) is 7.06. The van der Waals surface area contributed by atoms with Crippen molar-refractivity contribution in [2.45, 2.75) is 13.5 Å². The number of hydrogen-bond acceptors (Lipinski definition) is 2. The Morgan fingerprint density at radius 1 is 1.55 bits per heavy atom. The van der Waals surface area contributed by atoms with Crippen LogP contribution in [0.5, 0.6) is 0 Å². The number of halogens is 1. The van der Waals surface area contributed by atoms with Crippen LogP contribution in [0, 0.1) is 6.92 Å². The average Bonchev–Trinajstić information content (AvgIpc) is 1.98. The van der Waals surface area contributed by atoms with Gasteiger partial charge in [0.2, 0.25) is 0 Å². The van der Waals surface area contributed by atoms with E-state index in [1.165, 1.54) is 0 Å². The molecular weight excluding hydrogens is 162 g/mol. The first-order valence-corrected chi connectivity index (χ1v) is 3.68. The molecule has 60 valence electrons. The Morgan fingerprint density at radius 3 is 2.91 bits per heavy atom. The molecule has 0 heterocycles. The number of benzene rings is 1. The van der Waals surface area contributed by atoms with Crippen LogP contribution in [0.15, 0.2) is 18.2 Å². The molecule has 0 unspecified atom stereocenters. The van der Waals surface area contributed by atoms with Crippen LogP contribution in [-0.2, 0) is 11.4 Å². The minimum Gasteiger partial charge on any atom is -0.300 e. The molecule has 0 bridgehead atoms. The molecule has 0 saturated heterocycles. The minimum absolute atomic E-state index is 0.362. The lowest BCUT2D eigenvalue weighted by atomic mass is 10.1. The van der Waals surface area contributed by atoms with Gasteiger partial charge in [0.1, 0.15) is 0 Å². The summed E-state index contributed by atoms with van der Waals surface area (Å²) in [5.41, 5.74) is 2.08. The number of hydrogen-bond donors (Lipinski definition) is 1. The van der Waals surface area contributed by atoms with Gasteiger partial charge in [-0.3, -0.25) is 4.84 Å². The van der Waals surface area contributed by atoms with Gasteiger partial charge in [0, 0.05) is 5.02 Å². The maximum Gasteiger partial charge on any atom is 0.0944 e. The van der Waals surface area contributed by atoms with Crippen LogP contribution in [0.3, 0.4) is 0 Å². The monoisotopic (exact) mass is 171 g/mol. The molecule has 0 atom stereocenters. The predicted molar refractivity (Wildman–Crippen MR) is 45.2 cm³/mol. The maximum atomic E-state index is 5.84. The van der Waals surface area contributed by atoms with Crippen LogP contribution in [0.25, 0.3) is 0 Å². The van der Waals surface area contributed by atoms with Gasteiger partial charge in [0.05, 0.1) is 6.61 Å². The van der Waals surface area contributed by atoms with Crippen LogP contribution in [0.1, 0.15) is 11.1 Å². The molecule has 0 aliphatic carbocycles. The second kappa shape index (κ2) is 3.72. The Kier molecular flexibility index (Phi) is 2.88. The van der Waals surface area contributed by atoms with Gasteiger partial charge in [-0.2, -0.15) is 0 Å². The summed E-state index contributed by atoms with van der Waals surface area (Å²) in [5, 5.41) is 0.695. The molecule has 0 spiro atoms. The topological polar surface area (TPSA) is 35.2 Å². The van der Waals surface area contributed by atoms with Crippen LogP contribution in [0.4, 0.5) is 0 Å². The number of nitrogens with two attached hydrogens (primary N) is 1. The van der Waals surface area contributed by atoms with Crippen molar-refractivity contribution in [2.24, 2.45) is 5.90 Å². The molecule has 1 rings (SSSR count). The van der Waals surface area contributed by atoms with Crippen LogP contribution in [-0.4, -0.2) is 0 Å². The largest absolute Gasteiger partial charge is 0.300 e. The molecule has 0 saturated carbocycles. The van der Waals surface area contributed by atoms with E-state index in [0.717, 1.165) is 11.1 Å². The van der Waals surface area contributed by atoms with Gasteiger partial charge >= 0.3 is 0 Å². The van der Waals surface area contributed by atoms with E-state index < -0.39 is 0 Å². The van der Waals surface area contributed by atoms with Crippen molar-refractivity contribution in [1.82, 2.24) is 0 Å². The summed E-state index contributed by atoms with van der Waals surface area (Å²) in [6, 6.07) is 5.74. The molecule has 0 aromatic heterocycles. The van der Waals surface area contributed by atoms with E-state index in [2.05, 4.69) is 4.84 Å². The van der Waals surface area contributed by atoms with E-state index >= 15 is 0 Å². The summed E-state index contributed by atoms with van der Waals surface area (Å²) in [7, 11) is 0. The molecule has 11 heavy (non-hydrogen) atoms. The fourth-order valence-electron chi connectivity index (χ4n) is 0.904. The highest BCUT2D eigenvalue weighted by molar-refractivity contribution is 6.31. The van der Waals surface area contributed by atoms with Crippen LogP contribution >= 0.6 is 11.6 Å². The van der Waals surface area contributed by atoms with Gasteiger partial charge < -0.3 is 0 Å². The normalized spacial score (nSPS) is 10.1. The summed E-state index contributed by atoms with van der Waals surface area (Å²) < 4.78 is 0. The lowest BCUT2D eigenvalue weighted by molar-refractivity contribution is 0.124. The molecule has 1 aromatic rings. The van der Waals surface area contributed by atoms with E-state index in [0.29, 0.717) is 11.6 Å². The molecule has 2 N–H and O–H groups in total. The first-order chi connectivity index (χ1) is 5.24. The van der Waals surface area contributed by atoms with Gasteiger partial charge in [-0.25, -0.2) is 5.90 Å². The fraction of sp³-hybridized carbons (Fsp3) is 0.250. The van der Waals surface area contributed by atoms with Gasteiger partial charge in [-0.15, -0.1) is 0 Å². The van der Waals surface area contributed by atoms with Crippen molar-refractivity contribution in [3.8, 4) is 0 Å². The van der Waals surface area contributed by atoms with Crippen molar-refractivity contribution in [2.75, 3.05) is 0 Å². The highest BCUT2D eigenvalue weighted by Gasteiger charge is 1.98. The average molecular weight is 172 g/mol. The zero-order chi connectivity index (χ0) is 8.27. The number of aryl methyl sites for hydroxylation is 1. The first-order valence-electron chi connectivity index (χ1n) is 3.30. The van der Waals surface area contributed by atoms with E-state index in [1.54, 1.807) is 0 Å². The van der Waals surface area contributed by atoms with Crippen molar-refractivity contribution in [3.05, 3.63) is 34.3 Å². The molecule has 1 aromatic carbocycles. The third kappa shape index (κ3) is 2.19. The molecule has 0 fully saturated rings. The van der Waals surface area contributed by atoms with E-state index in [4.69, 9.17) is 17.5 Å². The standard InChI is InChI=1S/C8H10ClNO/c1-6-2-3-8(9)7(4-6)5-11-10/h2-4H,5,10H2,1H3. The van der Waals surface area contributed by atoms with Crippen molar-refractivity contribution in [1.29, 1.82) is 0 Å². The molecule has 0 aliphatic rings. The maximum absolute atomic E-state index is 5.84. The molecule has 3 heteroatoms. The second-order valence-corrected chi connectivity index (χ2v) is 2.81. The molecule has 2 nitrogen and oxygen atoms in total. The first kappa shape index (κ1) is 8.53. The Balaban J connectivity index is 2.93.